The lowest BCUT2D eigenvalue weighted by molar-refractivity contribution is -0.313. The highest BCUT2D eigenvalue weighted by molar-refractivity contribution is 5.86. The number of fused-ring (bicyclic) bond motifs is 5. The van der Waals surface area contributed by atoms with E-state index in [1.54, 1.807) is 13.0 Å². The van der Waals surface area contributed by atoms with Crippen LogP contribution in [0.5, 0.6) is 0 Å². The average molecular weight is 533 g/mol. The van der Waals surface area contributed by atoms with Crippen molar-refractivity contribution in [2.75, 3.05) is 13.7 Å². The zero-order valence-electron chi connectivity index (χ0n) is 23.1. The number of methoxy groups -OCH3 is 1. The number of rotatable bonds is 4. The number of aliphatic hydroxyl groups is 3. The van der Waals surface area contributed by atoms with Crippen LogP contribution in [0.15, 0.2) is 23.3 Å². The molecule has 3 N–H and O–H groups in total. The van der Waals surface area contributed by atoms with Gasteiger partial charge in [-0.1, -0.05) is 19.9 Å². The molecule has 0 aromatic carbocycles. The summed E-state index contributed by atoms with van der Waals surface area (Å²) in [6, 6.07) is 0. The first-order chi connectivity index (χ1) is 18.0. The van der Waals surface area contributed by atoms with Crippen LogP contribution in [0.3, 0.4) is 0 Å². The summed E-state index contributed by atoms with van der Waals surface area (Å²) in [5.74, 6) is 0.860. The first-order valence-corrected chi connectivity index (χ1v) is 14.5. The maximum Gasteiger partial charge on any atom is 0.331 e. The van der Waals surface area contributed by atoms with Gasteiger partial charge >= 0.3 is 5.97 Å². The van der Waals surface area contributed by atoms with Gasteiger partial charge in [-0.3, -0.25) is 0 Å². The second-order valence-electron chi connectivity index (χ2n) is 13.3. The molecule has 0 aromatic rings. The SMILES string of the molecule is CO[C@@H]1[C@@H](O)[C@H](C)O[C@@H](OC2CCC3(C)C(CCC4C3CCC3(C)C(C5=CC(=O)OC5)=CCC43O)C2)[C@@H]1O. The number of cyclic esters (lactones) is 1. The molecule has 2 aliphatic heterocycles. The summed E-state index contributed by atoms with van der Waals surface area (Å²) in [5, 5.41) is 33.4. The van der Waals surface area contributed by atoms with Crippen LogP contribution >= 0.6 is 0 Å². The molecule has 3 saturated carbocycles. The van der Waals surface area contributed by atoms with Crippen LogP contribution in [-0.4, -0.2) is 77.4 Å². The monoisotopic (exact) mass is 532 g/mol. The Hall–Kier alpha value is -1.29. The molecule has 212 valence electrons. The van der Waals surface area contributed by atoms with Gasteiger partial charge in [-0.25, -0.2) is 4.79 Å². The average Bonchev–Trinajstić information content (AvgIpc) is 3.43. The molecule has 0 bridgehead atoms. The van der Waals surface area contributed by atoms with Crippen LogP contribution in [-0.2, 0) is 23.7 Å². The number of ether oxygens (including phenoxy) is 4. The molecule has 4 fully saturated rings. The van der Waals surface area contributed by atoms with Crippen molar-refractivity contribution in [3.8, 4) is 0 Å². The van der Waals surface area contributed by atoms with Crippen molar-refractivity contribution >= 4 is 5.97 Å². The second-order valence-corrected chi connectivity index (χ2v) is 13.3. The van der Waals surface area contributed by atoms with Gasteiger partial charge in [0.05, 0.1) is 17.8 Å². The molecule has 0 radical (unpaired) electrons. The van der Waals surface area contributed by atoms with Gasteiger partial charge < -0.3 is 34.3 Å². The fourth-order valence-electron chi connectivity index (χ4n) is 9.47. The van der Waals surface area contributed by atoms with Crippen molar-refractivity contribution in [2.45, 2.75) is 115 Å². The minimum atomic E-state index is -1.04. The molecule has 0 aromatic heterocycles. The summed E-state index contributed by atoms with van der Waals surface area (Å²) in [7, 11) is 1.49. The zero-order valence-corrected chi connectivity index (χ0v) is 23.1. The number of hydrogen-bond donors (Lipinski definition) is 3. The van der Waals surface area contributed by atoms with E-state index < -0.39 is 36.3 Å². The number of carbonyl (C=O) groups excluding carboxylic acids is 1. The molecule has 8 nitrogen and oxygen atoms in total. The van der Waals surface area contributed by atoms with Crippen LogP contribution in [0, 0.1) is 28.6 Å². The summed E-state index contributed by atoms with van der Waals surface area (Å²) in [6.45, 7) is 6.72. The van der Waals surface area contributed by atoms with Crippen LogP contribution in [0.4, 0.5) is 0 Å². The maximum absolute atomic E-state index is 12.4. The van der Waals surface area contributed by atoms with Gasteiger partial charge in [0.2, 0.25) is 0 Å². The Labute approximate surface area is 225 Å². The highest BCUT2D eigenvalue weighted by Gasteiger charge is 2.66. The van der Waals surface area contributed by atoms with Crippen LogP contribution < -0.4 is 0 Å². The van der Waals surface area contributed by atoms with E-state index >= 15 is 0 Å². The van der Waals surface area contributed by atoms with Gasteiger partial charge in [0, 0.05) is 24.2 Å². The maximum atomic E-state index is 12.4. The topological polar surface area (TPSA) is 115 Å². The molecular weight excluding hydrogens is 488 g/mol. The van der Waals surface area contributed by atoms with Crippen molar-refractivity contribution in [1.29, 1.82) is 0 Å². The van der Waals surface area contributed by atoms with Crippen molar-refractivity contribution < 1.29 is 39.1 Å². The van der Waals surface area contributed by atoms with E-state index in [4.69, 9.17) is 18.9 Å². The number of hydrogen-bond acceptors (Lipinski definition) is 8. The van der Waals surface area contributed by atoms with Crippen molar-refractivity contribution in [1.82, 2.24) is 0 Å². The summed E-state index contributed by atoms with van der Waals surface area (Å²) < 4.78 is 22.8. The molecule has 38 heavy (non-hydrogen) atoms. The molecule has 2 heterocycles. The lowest BCUT2D eigenvalue weighted by Gasteiger charge is -2.63. The lowest BCUT2D eigenvalue weighted by atomic mass is 9.43. The van der Waals surface area contributed by atoms with E-state index in [9.17, 15) is 20.1 Å². The Kier molecular flexibility index (Phi) is 6.64. The number of esters is 1. The quantitative estimate of drug-likeness (QED) is 0.374. The molecule has 6 rings (SSSR count). The van der Waals surface area contributed by atoms with Gasteiger partial charge in [0.15, 0.2) is 6.29 Å². The number of aliphatic hydroxyl groups excluding tert-OH is 2. The van der Waals surface area contributed by atoms with Gasteiger partial charge in [-0.05, 0) is 87.0 Å². The van der Waals surface area contributed by atoms with Crippen molar-refractivity contribution in [3.63, 3.8) is 0 Å². The van der Waals surface area contributed by atoms with Gasteiger partial charge in [-0.15, -0.1) is 0 Å². The summed E-state index contributed by atoms with van der Waals surface area (Å²) in [6.07, 6.45) is 7.23. The van der Waals surface area contributed by atoms with E-state index in [0.717, 1.165) is 56.1 Å². The Balaban J connectivity index is 1.16. The van der Waals surface area contributed by atoms with E-state index in [0.29, 0.717) is 24.9 Å². The fraction of sp³-hybridized carbons (Fsp3) is 0.833. The van der Waals surface area contributed by atoms with E-state index in [1.807, 2.05) is 0 Å². The molecule has 8 heteroatoms. The van der Waals surface area contributed by atoms with Crippen LogP contribution in [0.25, 0.3) is 0 Å². The smallest absolute Gasteiger partial charge is 0.331 e. The van der Waals surface area contributed by atoms with E-state index in [2.05, 4.69) is 19.9 Å². The highest BCUT2D eigenvalue weighted by atomic mass is 16.7. The predicted octanol–water partition coefficient (Wildman–Crippen LogP) is 3.03. The Bertz CT molecular complexity index is 1020. The molecule has 6 aliphatic rings. The first-order valence-electron chi connectivity index (χ1n) is 14.5. The van der Waals surface area contributed by atoms with E-state index in [-0.39, 0.29) is 28.8 Å². The Morgan fingerprint density at radius 1 is 1.05 bits per heavy atom. The minimum absolute atomic E-state index is 0.0206. The van der Waals surface area contributed by atoms with E-state index in [1.165, 1.54) is 7.11 Å². The molecule has 0 spiro atoms. The summed E-state index contributed by atoms with van der Waals surface area (Å²) in [4.78, 5) is 11.8. The Morgan fingerprint density at radius 3 is 2.55 bits per heavy atom. The largest absolute Gasteiger partial charge is 0.458 e. The first kappa shape index (κ1) is 26.9. The normalized spacial score (nSPS) is 52.4. The van der Waals surface area contributed by atoms with Crippen molar-refractivity contribution in [3.05, 3.63) is 23.3 Å². The molecule has 12 atom stereocenters. The van der Waals surface area contributed by atoms with Gasteiger partial charge in [0.1, 0.15) is 24.9 Å². The summed E-state index contributed by atoms with van der Waals surface area (Å²) >= 11 is 0. The van der Waals surface area contributed by atoms with Gasteiger partial charge in [0.25, 0.3) is 0 Å². The highest BCUT2D eigenvalue weighted by Crippen LogP contribution is 2.68. The van der Waals surface area contributed by atoms with Gasteiger partial charge in [-0.2, -0.15) is 0 Å². The minimum Gasteiger partial charge on any atom is -0.458 e. The van der Waals surface area contributed by atoms with Crippen LogP contribution in [0.2, 0.25) is 0 Å². The third kappa shape index (κ3) is 3.81. The second kappa shape index (κ2) is 9.38. The predicted molar refractivity (Wildman–Crippen MR) is 138 cm³/mol. The molecule has 7 unspecified atom stereocenters. The molecule has 1 saturated heterocycles. The third-order valence-electron chi connectivity index (χ3n) is 11.8. The lowest BCUT2D eigenvalue weighted by Crippen LogP contribution is -2.62. The van der Waals surface area contributed by atoms with Crippen LogP contribution in [0.1, 0.15) is 72.1 Å². The summed E-state index contributed by atoms with van der Waals surface area (Å²) in [5.41, 5.74) is 1.03. The molecular formula is C30H44O8. The standard InChI is InChI=1S/C30H44O8/c1-16-24(32)26(35-4)25(33)27(37-16)38-19-7-10-28(2)18(14-19)5-6-22-21(28)8-11-29(3)20(9-12-30(22,29)34)17-13-23(31)36-15-17/h9,13,16,18-19,21-22,24-27,32-34H,5-8,10-12,14-15H2,1-4H3/t16-,18?,19?,21?,22?,24-,25+,26+,27-,28?,29?,30?/m0/s1. The third-order valence-corrected chi connectivity index (χ3v) is 11.8. The Morgan fingerprint density at radius 2 is 1.84 bits per heavy atom. The fourth-order valence-corrected chi connectivity index (χ4v) is 9.47. The molecule has 4 aliphatic carbocycles. The zero-order chi connectivity index (χ0) is 27.0. The number of carbonyl (C=O) groups is 1. The molecule has 0 amide bonds. The van der Waals surface area contributed by atoms with Crippen molar-refractivity contribution in [2.24, 2.45) is 28.6 Å².